The zero-order valence-corrected chi connectivity index (χ0v) is 7.31. The summed E-state index contributed by atoms with van der Waals surface area (Å²) >= 11 is 2.43. The average Bonchev–Trinajstić information content (AvgIpc) is 1.77. The second kappa shape index (κ2) is 2.85. The van der Waals surface area contributed by atoms with Crippen molar-refractivity contribution in [2.45, 2.75) is 26.2 Å². The van der Waals surface area contributed by atoms with E-state index in [1.807, 2.05) is 0 Å². The Morgan fingerprint density at radius 3 is 2.88 bits per heavy atom. The molecule has 0 N–H and O–H groups in total. The van der Waals surface area contributed by atoms with E-state index in [1.54, 1.807) is 3.58 Å². The van der Waals surface area contributed by atoms with Crippen LogP contribution in [0.2, 0.25) is 0 Å². The van der Waals surface area contributed by atoms with Gasteiger partial charge in [-0.2, -0.15) is 0 Å². The Balaban J connectivity index is 2.42. The zero-order chi connectivity index (χ0) is 5.98. The molecule has 1 atom stereocenters. The van der Waals surface area contributed by atoms with Crippen LogP contribution in [-0.2, 0) is 0 Å². The van der Waals surface area contributed by atoms with Crippen LogP contribution in [-0.4, -0.2) is 0 Å². The Labute approximate surface area is 64.5 Å². The highest BCUT2D eigenvalue weighted by Crippen LogP contribution is 2.26. The highest BCUT2D eigenvalue weighted by Gasteiger charge is 2.06. The van der Waals surface area contributed by atoms with Crippen LogP contribution < -0.4 is 0 Å². The lowest BCUT2D eigenvalue weighted by atomic mass is 9.97. The van der Waals surface area contributed by atoms with E-state index < -0.39 is 0 Å². The molecule has 0 saturated heterocycles. The summed E-state index contributed by atoms with van der Waals surface area (Å²) in [6.07, 6.45) is 6.38. The predicted octanol–water partition coefficient (Wildman–Crippen LogP) is 3.13. The van der Waals surface area contributed by atoms with Crippen LogP contribution in [0.15, 0.2) is 9.66 Å². The van der Waals surface area contributed by atoms with Gasteiger partial charge in [-0.05, 0) is 51.4 Å². The van der Waals surface area contributed by atoms with Crippen LogP contribution >= 0.6 is 22.6 Å². The summed E-state index contributed by atoms with van der Waals surface area (Å²) in [4.78, 5) is 0. The summed E-state index contributed by atoms with van der Waals surface area (Å²) in [5.74, 6) is 0.938. The lowest BCUT2D eigenvalue weighted by Gasteiger charge is -2.13. The quantitative estimate of drug-likeness (QED) is 0.552. The monoisotopic (exact) mass is 222 g/mol. The molecule has 0 aromatic heterocycles. The van der Waals surface area contributed by atoms with E-state index in [1.165, 1.54) is 19.3 Å². The first kappa shape index (κ1) is 6.59. The number of allylic oxidation sites excluding steroid dienone is 2. The summed E-state index contributed by atoms with van der Waals surface area (Å²) in [6, 6.07) is 0. The number of hydrogen-bond donors (Lipinski definition) is 0. The largest absolute Gasteiger partial charge is 0.0750 e. The van der Waals surface area contributed by atoms with Gasteiger partial charge in [-0.1, -0.05) is 13.0 Å². The van der Waals surface area contributed by atoms with Crippen molar-refractivity contribution in [3.05, 3.63) is 9.66 Å². The maximum Gasteiger partial charge on any atom is -0.0134 e. The van der Waals surface area contributed by atoms with E-state index in [2.05, 4.69) is 35.6 Å². The molecule has 0 nitrogen and oxygen atoms in total. The molecule has 0 saturated carbocycles. The normalized spacial score (nSPS) is 29.8. The SMILES string of the molecule is C[C@H]1CC=C(I)CC1. The van der Waals surface area contributed by atoms with Gasteiger partial charge in [0.1, 0.15) is 0 Å². The molecule has 0 aromatic rings. The van der Waals surface area contributed by atoms with Gasteiger partial charge in [-0.25, -0.2) is 0 Å². The van der Waals surface area contributed by atoms with E-state index in [4.69, 9.17) is 0 Å². The van der Waals surface area contributed by atoms with Crippen molar-refractivity contribution in [2.24, 2.45) is 5.92 Å². The van der Waals surface area contributed by atoms with E-state index in [-0.39, 0.29) is 0 Å². The molecule has 0 aliphatic heterocycles. The van der Waals surface area contributed by atoms with Gasteiger partial charge in [0.25, 0.3) is 0 Å². The molecule has 0 aromatic carbocycles. The second-order valence-corrected chi connectivity index (χ2v) is 3.92. The first-order chi connectivity index (χ1) is 3.79. The molecule has 0 spiro atoms. The minimum Gasteiger partial charge on any atom is -0.0750 e. The third-order valence-electron chi connectivity index (χ3n) is 1.62. The van der Waals surface area contributed by atoms with Crippen molar-refractivity contribution in [1.29, 1.82) is 0 Å². The van der Waals surface area contributed by atoms with Gasteiger partial charge in [0.05, 0.1) is 0 Å². The molecule has 0 unspecified atom stereocenters. The van der Waals surface area contributed by atoms with E-state index in [0.29, 0.717) is 0 Å². The topological polar surface area (TPSA) is 0 Å². The summed E-state index contributed by atoms with van der Waals surface area (Å²) in [5, 5.41) is 0. The van der Waals surface area contributed by atoms with Gasteiger partial charge >= 0.3 is 0 Å². The van der Waals surface area contributed by atoms with Crippen LogP contribution in [0, 0.1) is 5.92 Å². The van der Waals surface area contributed by atoms with Crippen LogP contribution in [0.5, 0.6) is 0 Å². The highest BCUT2D eigenvalue weighted by molar-refractivity contribution is 14.1. The van der Waals surface area contributed by atoms with Gasteiger partial charge in [-0.3, -0.25) is 0 Å². The fraction of sp³-hybridized carbons (Fsp3) is 0.714. The van der Waals surface area contributed by atoms with Gasteiger partial charge in [0, 0.05) is 0 Å². The van der Waals surface area contributed by atoms with Crippen molar-refractivity contribution >= 4 is 22.6 Å². The highest BCUT2D eigenvalue weighted by atomic mass is 127. The molecule has 8 heavy (non-hydrogen) atoms. The van der Waals surface area contributed by atoms with Crippen molar-refractivity contribution in [3.8, 4) is 0 Å². The predicted molar refractivity (Wildman–Crippen MR) is 45.1 cm³/mol. The number of rotatable bonds is 0. The van der Waals surface area contributed by atoms with Crippen molar-refractivity contribution in [3.63, 3.8) is 0 Å². The van der Waals surface area contributed by atoms with Gasteiger partial charge in [0.2, 0.25) is 0 Å². The first-order valence-electron chi connectivity index (χ1n) is 3.13. The lowest BCUT2D eigenvalue weighted by Crippen LogP contribution is -1.97. The molecular weight excluding hydrogens is 211 g/mol. The molecular formula is C7H11I. The Morgan fingerprint density at radius 1 is 1.75 bits per heavy atom. The number of halogens is 1. The average molecular weight is 222 g/mol. The molecule has 1 rings (SSSR count). The van der Waals surface area contributed by atoms with Crippen molar-refractivity contribution in [2.75, 3.05) is 0 Å². The van der Waals surface area contributed by atoms with Crippen LogP contribution in [0.1, 0.15) is 26.2 Å². The second-order valence-electron chi connectivity index (χ2n) is 2.53. The molecule has 0 radical (unpaired) electrons. The van der Waals surface area contributed by atoms with E-state index >= 15 is 0 Å². The van der Waals surface area contributed by atoms with E-state index in [0.717, 1.165) is 5.92 Å². The zero-order valence-electron chi connectivity index (χ0n) is 5.15. The molecule has 0 fully saturated rings. The summed E-state index contributed by atoms with van der Waals surface area (Å²) in [7, 11) is 0. The fourth-order valence-corrected chi connectivity index (χ4v) is 1.50. The Kier molecular flexibility index (Phi) is 2.35. The summed E-state index contributed by atoms with van der Waals surface area (Å²) in [5.41, 5.74) is 0. The Bertz CT molecular complexity index is 105. The lowest BCUT2D eigenvalue weighted by molar-refractivity contribution is 0.525. The Hall–Kier alpha value is 0.470. The van der Waals surface area contributed by atoms with Crippen LogP contribution in [0.3, 0.4) is 0 Å². The smallest absolute Gasteiger partial charge is 0.0134 e. The molecule has 46 valence electrons. The molecule has 1 aliphatic rings. The summed E-state index contributed by atoms with van der Waals surface area (Å²) < 4.78 is 1.56. The molecule has 0 bridgehead atoms. The third kappa shape index (κ3) is 1.77. The minimum atomic E-state index is 0.938. The minimum absolute atomic E-state index is 0.938. The van der Waals surface area contributed by atoms with Crippen molar-refractivity contribution in [1.82, 2.24) is 0 Å². The maximum atomic E-state index is 2.43. The van der Waals surface area contributed by atoms with E-state index in [9.17, 15) is 0 Å². The molecule has 1 heteroatoms. The fourth-order valence-electron chi connectivity index (χ4n) is 0.933. The van der Waals surface area contributed by atoms with Gasteiger partial charge in [-0.15, -0.1) is 0 Å². The van der Waals surface area contributed by atoms with Crippen LogP contribution in [0.4, 0.5) is 0 Å². The van der Waals surface area contributed by atoms with Crippen LogP contribution in [0.25, 0.3) is 0 Å². The van der Waals surface area contributed by atoms with Gasteiger partial charge in [0.15, 0.2) is 0 Å². The van der Waals surface area contributed by atoms with Gasteiger partial charge < -0.3 is 0 Å². The Morgan fingerprint density at radius 2 is 2.50 bits per heavy atom. The molecule has 1 aliphatic carbocycles. The standard InChI is InChI=1S/C7H11I/c1-6-2-4-7(8)5-3-6/h4,6H,2-3,5H2,1H3/t6-/m0/s1. The number of hydrogen-bond acceptors (Lipinski definition) is 0. The first-order valence-corrected chi connectivity index (χ1v) is 4.21. The third-order valence-corrected chi connectivity index (χ3v) is 2.60. The molecule has 0 heterocycles. The molecule has 0 amide bonds. The van der Waals surface area contributed by atoms with Crippen molar-refractivity contribution < 1.29 is 0 Å². The summed E-state index contributed by atoms with van der Waals surface area (Å²) in [6.45, 7) is 2.32. The maximum absolute atomic E-state index is 2.43.